The van der Waals surface area contributed by atoms with Crippen molar-refractivity contribution in [2.45, 2.75) is 44.3 Å². The van der Waals surface area contributed by atoms with Gasteiger partial charge in [0.15, 0.2) is 0 Å². The monoisotopic (exact) mass is 535 g/mol. The molecule has 7 nitrogen and oxygen atoms in total. The Morgan fingerprint density at radius 1 is 0.946 bits per heavy atom. The number of amides is 1. The maximum absolute atomic E-state index is 13.0. The number of alkyl halides is 6. The average molecular weight is 535 g/mol. The zero-order chi connectivity index (χ0) is 28.1. The molecule has 0 fully saturated rings. The van der Waals surface area contributed by atoms with E-state index in [0.717, 1.165) is 12.0 Å². The van der Waals surface area contributed by atoms with Gasteiger partial charge in [-0.25, -0.2) is 4.79 Å². The molecule has 13 heteroatoms. The number of hydrogen-bond donors (Lipinski definition) is 1. The Morgan fingerprint density at radius 2 is 1.46 bits per heavy atom. The molecule has 37 heavy (non-hydrogen) atoms. The van der Waals surface area contributed by atoms with Gasteiger partial charge >= 0.3 is 24.3 Å². The lowest BCUT2D eigenvalue weighted by Gasteiger charge is -2.27. The molecule has 1 N–H and O–H groups in total. The number of methoxy groups -OCH3 is 1. The van der Waals surface area contributed by atoms with Crippen LogP contribution < -0.4 is 4.74 Å². The molecule has 0 aromatic heterocycles. The first-order chi connectivity index (χ1) is 17.0. The molecular weight excluding hydrogens is 512 g/mol. The van der Waals surface area contributed by atoms with E-state index in [1.54, 1.807) is 0 Å². The normalized spacial score (nSPS) is 13.4. The number of hydrogen-bond acceptors (Lipinski definition) is 5. The summed E-state index contributed by atoms with van der Waals surface area (Å²) in [6, 6.07) is 5.36. The number of benzene rings is 2. The van der Waals surface area contributed by atoms with Gasteiger partial charge in [-0.1, -0.05) is 12.1 Å². The highest BCUT2D eigenvalue weighted by Gasteiger charge is 2.37. The molecule has 0 saturated carbocycles. The third kappa shape index (κ3) is 7.86. The van der Waals surface area contributed by atoms with Crippen LogP contribution >= 0.6 is 0 Å². The van der Waals surface area contributed by atoms with E-state index in [9.17, 15) is 45.8 Å². The lowest BCUT2D eigenvalue weighted by atomic mass is 9.93. The van der Waals surface area contributed by atoms with Crippen LogP contribution in [-0.2, 0) is 38.1 Å². The Hall–Kier alpha value is -3.77. The van der Waals surface area contributed by atoms with Crippen molar-refractivity contribution in [1.82, 2.24) is 4.90 Å². The van der Waals surface area contributed by atoms with Crippen LogP contribution in [0.4, 0.5) is 26.3 Å². The summed E-state index contributed by atoms with van der Waals surface area (Å²) in [5.41, 5.74) is -3.08. The number of carbonyl (C=O) groups excluding carboxylic acids is 2. The summed E-state index contributed by atoms with van der Waals surface area (Å²) in [4.78, 5) is 37.0. The number of likely N-dealkylation sites (N-methyl/N-ethyl adjacent to an activating group) is 1. The molecule has 0 heterocycles. The highest BCUT2D eigenvalue weighted by Crippen LogP contribution is 2.36. The number of carboxylic acids is 1. The van der Waals surface area contributed by atoms with Crippen molar-refractivity contribution in [2.75, 3.05) is 14.2 Å². The molecule has 0 spiro atoms. The van der Waals surface area contributed by atoms with Crippen LogP contribution in [0.2, 0.25) is 0 Å². The molecule has 2 atom stereocenters. The zero-order valence-corrected chi connectivity index (χ0v) is 19.8. The van der Waals surface area contributed by atoms with E-state index in [1.165, 1.54) is 38.2 Å². The molecule has 0 saturated heterocycles. The summed E-state index contributed by atoms with van der Waals surface area (Å²) in [6.07, 6.45) is -10.6. The van der Waals surface area contributed by atoms with Crippen LogP contribution in [0.3, 0.4) is 0 Å². The molecule has 0 aliphatic carbocycles. The summed E-state index contributed by atoms with van der Waals surface area (Å²) in [5.74, 6) is -3.83. The van der Waals surface area contributed by atoms with Crippen molar-refractivity contribution in [2.24, 2.45) is 0 Å². The highest BCUT2D eigenvalue weighted by molar-refractivity contribution is 5.91. The van der Waals surface area contributed by atoms with Crippen molar-refractivity contribution in [3.8, 4) is 5.75 Å². The molecule has 0 aliphatic heterocycles. The SMILES string of the molecule is COC(=O)[C@H](C)N(C)C(=O)[C@H](CC(=O)O)c1ccc(OCc2cc(C(F)(F)F)cc(C(F)(F)F)c2)cc1. The standard InChI is InChI=1S/C24H23F6NO6/c1-13(22(35)36-3)31(2)21(34)19(11-20(32)33)15-4-6-18(7-5-15)37-12-14-8-16(23(25,26)27)10-17(9-14)24(28,29)30/h4-10,13,19H,11-12H2,1-3H3,(H,32,33)/t13-,19+/m0/s1. The summed E-state index contributed by atoms with van der Waals surface area (Å²) in [6.45, 7) is 0.777. The van der Waals surface area contributed by atoms with Crippen LogP contribution in [0, 0.1) is 0 Å². The van der Waals surface area contributed by atoms with Gasteiger partial charge in [-0.05, 0) is 48.4 Å². The first-order valence-corrected chi connectivity index (χ1v) is 10.6. The van der Waals surface area contributed by atoms with E-state index in [0.29, 0.717) is 12.1 Å². The summed E-state index contributed by atoms with van der Waals surface area (Å²) >= 11 is 0. The van der Waals surface area contributed by atoms with E-state index >= 15 is 0 Å². The topological polar surface area (TPSA) is 93.1 Å². The Bertz CT molecular complexity index is 1100. The smallest absolute Gasteiger partial charge is 0.416 e. The van der Waals surface area contributed by atoms with Crippen molar-refractivity contribution in [3.63, 3.8) is 0 Å². The molecule has 202 valence electrons. The van der Waals surface area contributed by atoms with Gasteiger partial charge in [0.05, 0.1) is 30.6 Å². The maximum Gasteiger partial charge on any atom is 0.416 e. The van der Waals surface area contributed by atoms with Crippen molar-refractivity contribution in [3.05, 3.63) is 64.7 Å². The van der Waals surface area contributed by atoms with Gasteiger partial charge in [0, 0.05) is 7.05 Å². The van der Waals surface area contributed by atoms with Gasteiger partial charge in [0.1, 0.15) is 18.4 Å². The number of carbonyl (C=O) groups is 3. The quantitative estimate of drug-likeness (QED) is 0.364. The minimum Gasteiger partial charge on any atom is -0.489 e. The molecule has 2 aromatic carbocycles. The molecule has 0 bridgehead atoms. The number of rotatable bonds is 9. The van der Waals surface area contributed by atoms with Crippen molar-refractivity contribution >= 4 is 17.8 Å². The first-order valence-electron chi connectivity index (χ1n) is 10.6. The van der Waals surface area contributed by atoms with E-state index in [1.807, 2.05) is 0 Å². The van der Waals surface area contributed by atoms with Crippen LogP contribution in [0.5, 0.6) is 5.75 Å². The predicted octanol–water partition coefficient (Wildman–Crippen LogP) is 4.88. The van der Waals surface area contributed by atoms with E-state index in [4.69, 9.17) is 4.74 Å². The largest absolute Gasteiger partial charge is 0.489 e. The summed E-state index contributed by atoms with van der Waals surface area (Å²) in [5, 5.41) is 9.25. The molecular formula is C24H23F6NO6. The van der Waals surface area contributed by atoms with Crippen molar-refractivity contribution in [1.29, 1.82) is 0 Å². The average Bonchev–Trinajstić information content (AvgIpc) is 2.83. The minimum absolute atomic E-state index is 0.00989. The second kappa shape index (κ2) is 11.5. The van der Waals surface area contributed by atoms with Crippen LogP contribution in [0.1, 0.15) is 41.5 Å². The molecule has 2 rings (SSSR count). The number of carboxylic acid groups (broad SMARTS) is 1. The van der Waals surface area contributed by atoms with Gasteiger partial charge in [0.2, 0.25) is 5.91 Å². The maximum atomic E-state index is 13.0. The van der Waals surface area contributed by atoms with Gasteiger partial charge in [-0.3, -0.25) is 9.59 Å². The van der Waals surface area contributed by atoms with Gasteiger partial charge in [-0.15, -0.1) is 0 Å². The van der Waals surface area contributed by atoms with E-state index < -0.39 is 66.3 Å². The van der Waals surface area contributed by atoms with Gasteiger partial charge < -0.3 is 19.5 Å². The number of aliphatic carboxylic acids is 1. The molecule has 0 radical (unpaired) electrons. The number of ether oxygens (including phenoxy) is 2. The third-order valence-corrected chi connectivity index (χ3v) is 5.48. The van der Waals surface area contributed by atoms with Gasteiger partial charge in [0.25, 0.3) is 0 Å². The summed E-state index contributed by atoms with van der Waals surface area (Å²) < 4.78 is 88.2. The van der Waals surface area contributed by atoms with Crippen LogP contribution in [-0.4, -0.2) is 48.1 Å². The number of esters is 1. The zero-order valence-electron chi connectivity index (χ0n) is 19.8. The number of halogens is 6. The highest BCUT2D eigenvalue weighted by atomic mass is 19.4. The van der Waals surface area contributed by atoms with E-state index in [-0.39, 0.29) is 22.9 Å². The van der Waals surface area contributed by atoms with Crippen molar-refractivity contribution < 1.29 is 55.3 Å². The summed E-state index contributed by atoms with van der Waals surface area (Å²) in [7, 11) is 2.44. The van der Waals surface area contributed by atoms with Gasteiger partial charge in [-0.2, -0.15) is 26.3 Å². The Labute approximate surface area is 207 Å². The fraction of sp³-hybridized carbons (Fsp3) is 0.375. The Kier molecular flexibility index (Phi) is 9.17. The lowest BCUT2D eigenvalue weighted by molar-refractivity contribution is -0.152. The Morgan fingerprint density at radius 3 is 1.89 bits per heavy atom. The number of nitrogens with zero attached hydrogens (tertiary/aromatic N) is 1. The Balaban J connectivity index is 2.25. The molecule has 2 aromatic rings. The molecule has 0 aliphatic rings. The third-order valence-electron chi connectivity index (χ3n) is 5.48. The molecule has 1 amide bonds. The van der Waals surface area contributed by atoms with Crippen LogP contribution in [0.15, 0.2) is 42.5 Å². The fourth-order valence-electron chi connectivity index (χ4n) is 3.35. The lowest BCUT2D eigenvalue weighted by Crippen LogP contribution is -2.43. The second-order valence-corrected chi connectivity index (χ2v) is 8.07. The fourth-order valence-corrected chi connectivity index (χ4v) is 3.35. The predicted molar refractivity (Wildman–Crippen MR) is 116 cm³/mol. The minimum atomic E-state index is -5.00. The van der Waals surface area contributed by atoms with Crippen LogP contribution in [0.25, 0.3) is 0 Å². The van der Waals surface area contributed by atoms with E-state index in [2.05, 4.69) is 4.74 Å². The first kappa shape index (κ1) is 29.5. The molecule has 0 unspecified atom stereocenters. The second-order valence-electron chi connectivity index (χ2n) is 8.07.